The summed E-state index contributed by atoms with van der Waals surface area (Å²) < 4.78 is 1.19. The average molecular weight is 288 g/mol. The van der Waals surface area contributed by atoms with Crippen LogP contribution in [0.25, 0.3) is 10.1 Å². The minimum absolute atomic E-state index is 0.188. The van der Waals surface area contributed by atoms with Gasteiger partial charge in [0.1, 0.15) is 0 Å². The first-order valence-electron chi connectivity index (χ1n) is 7.26. The van der Waals surface area contributed by atoms with Crippen molar-refractivity contribution in [2.45, 2.75) is 19.3 Å². The van der Waals surface area contributed by atoms with Crippen LogP contribution < -0.4 is 5.73 Å². The molecule has 1 aromatic heterocycles. The van der Waals surface area contributed by atoms with Gasteiger partial charge in [0.25, 0.3) is 5.91 Å². The van der Waals surface area contributed by atoms with E-state index in [0.29, 0.717) is 5.92 Å². The number of rotatable bonds is 3. The maximum Gasteiger partial charge on any atom is 0.263 e. The Morgan fingerprint density at radius 3 is 3.05 bits per heavy atom. The third-order valence-corrected chi connectivity index (χ3v) is 5.12. The van der Waals surface area contributed by atoms with Gasteiger partial charge in [-0.15, -0.1) is 11.3 Å². The molecule has 1 unspecified atom stereocenters. The van der Waals surface area contributed by atoms with Crippen LogP contribution in [0.5, 0.6) is 0 Å². The Balaban J connectivity index is 1.77. The number of nitrogens with zero attached hydrogens (tertiary/aromatic N) is 1. The highest BCUT2D eigenvalue weighted by molar-refractivity contribution is 7.20. The van der Waals surface area contributed by atoms with Crippen molar-refractivity contribution in [2.75, 3.05) is 19.6 Å². The normalized spacial score (nSPS) is 19.4. The summed E-state index contributed by atoms with van der Waals surface area (Å²) >= 11 is 1.60. The van der Waals surface area contributed by atoms with Crippen molar-refractivity contribution in [1.29, 1.82) is 0 Å². The molecule has 1 aliphatic heterocycles. The standard InChI is InChI=1S/C16H20N2OS/c17-8-7-12-4-3-9-18(11-12)16(19)15-10-13-5-1-2-6-14(13)20-15/h1-2,5-6,10,12H,3-4,7-9,11,17H2. The van der Waals surface area contributed by atoms with E-state index in [2.05, 4.69) is 12.1 Å². The first kappa shape index (κ1) is 13.6. The molecule has 0 aliphatic carbocycles. The number of nitrogens with two attached hydrogens (primary N) is 1. The molecular formula is C16H20N2OS. The third-order valence-electron chi connectivity index (χ3n) is 4.02. The van der Waals surface area contributed by atoms with Gasteiger partial charge in [-0.1, -0.05) is 18.2 Å². The number of benzene rings is 1. The monoisotopic (exact) mass is 288 g/mol. The Morgan fingerprint density at radius 1 is 1.40 bits per heavy atom. The highest BCUT2D eigenvalue weighted by atomic mass is 32.1. The van der Waals surface area contributed by atoms with Gasteiger partial charge in [-0.25, -0.2) is 0 Å². The number of hydrogen-bond acceptors (Lipinski definition) is 3. The zero-order valence-corrected chi connectivity index (χ0v) is 12.4. The van der Waals surface area contributed by atoms with Crippen molar-refractivity contribution >= 4 is 27.3 Å². The van der Waals surface area contributed by atoms with Gasteiger partial charge in [-0.3, -0.25) is 4.79 Å². The second-order valence-corrected chi connectivity index (χ2v) is 6.57. The molecule has 0 bridgehead atoms. The Hall–Kier alpha value is -1.39. The topological polar surface area (TPSA) is 46.3 Å². The lowest BCUT2D eigenvalue weighted by molar-refractivity contribution is 0.0674. The van der Waals surface area contributed by atoms with Gasteiger partial charge in [0, 0.05) is 17.8 Å². The predicted octanol–water partition coefficient (Wildman–Crippen LogP) is 3.10. The summed E-state index contributed by atoms with van der Waals surface area (Å²) in [5.41, 5.74) is 5.64. The van der Waals surface area contributed by atoms with Crippen LogP contribution >= 0.6 is 11.3 Å². The highest BCUT2D eigenvalue weighted by Gasteiger charge is 2.25. The summed E-state index contributed by atoms with van der Waals surface area (Å²) in [6.45, 7) is 2.47. The van der Waals surface area contributed by atoms with Crippen LogP contribution in [0, 0.1) is 5.92 Å². The molecule has 0 saturated carbocycles. The Labute approximate surface area is 123 Å². The molecule has 2 N–H and O–H groups in total. The lowest BCUT2D eigenvalue weighted by Gasteiger charge is -2.32. The minimum Gasteiger partial charge on any atom is -0.338 e. The number of carbonyl (C=O) groups excluding carboxylic acids is 1. The van der Waals surface area contributed by atoms with Crippen molar-refractivity contribution in [3.63, 3.8) is 0 Å². The number of thiophene rings is 1. The molecule has 106 valence electrons. The zero-order chi connectivity index (χ0) is 13.9. The fourth-order valence-electron chi connectivity index (χ4n) is 2.96. The fraction of sp³-hybridized carbons (Fsp3) is 0.438. The van der Waals surface area contributed by atoms with E-state index in [1.807, 2.05) is 23.1 Å². The van der Waals surface area contributed by atoms with Gasteiger partial charge in [0.15, 0.2) is 0 Å². The second-order valence-electron chi connectivity index (χ2n) is 5.49. The van der Waals surface area contributed by atoms with Crippen molar-refractivity contribution in [3.05, 3.63) is 35.2 Å². The Bertz CT molecular complexity index is 572. The molecule has 2 aromatic rings. The minimum atomic E-state index is 0.188. The molecule has 1 saturated heterocycles. The van der Waals surface area contributed by atoms with Gasteiger partial charge in [-0.2, -0.15) is 0 Å². The number of carbonyl (C=O) groups is 1. The maximum absolute atomic E-state index is 12.6. The lowest BCUT2D eigenvalue weighted by Crippen LogP contribution is -2.40. The molecule has 1 fully saturated rings. The van der Waals surface area contributed by atoms with E-state index in [0.717, 1.165) is 42.7 Å². The third kappa shape index (κ3) is 2.72. The summed E-state index contributed by atoms with van der Waals surface area (Å²) in [6.07, 6.45) is 3.32. The molecule has 1 amide bonds. The van der Waals surface area contributed by atoms with Gasteiger partial charge in [0.05, 0.1) is 4.88 Å². The van der Waals surface area contributed by atoms with E-state index in [1.165, 1.54) is 11.1 Å². The van der Waals surface area contributed by atoms with Crippen molar-refractivity contribution in [3.8, 4) is 0 Å². The Kier molecular flexibility index (Phi) is 4.03. The van der Waals surface area contributed by atoms with E-state index in [9.17, 15) is 4.79 Å². The molecule has 20 heavy (non-hydrogen) atoms. The smallest absolute Gasteiger partial charge is 0.263 e. The van der Waals surface area contributed by atoms with Gasteiger partial charge in [0.2, 0.25) is 0 Å². The van der Waals surface area contributed by atoms with Crippen molar-refractivity contribution in [2.24, 2.45) is 11.7 Å². The number of hydrogen-bond donors (Lipinski definition) is 1. The van der Waals surface area contributed by atoms with Crippen LogP contribution in [-0.4, -0.2) is 30.4 Å². The maximum atomic E-state index is 12.6. The first-order chi connectivity index (χ1) is 9.78. The lowest BCUT2D eigenvalue weighted by atomic mass is 9.95. The van der Waals surface area contributed by atoms with E-state index in [1.54, 1.807) is 11.3 Å². The van der Waals surface area contributed by atoms with E-state index < -0.39 is 0 Å². The quantitative estimate of drug-likeness (QED) is 0.943. The number of amides is 1. The van der Waals surface area contributed by atoms with Crippen molar-refractivity contribution < 1.29 is 4.79 Å². The first-order valence-corrected chi connectivity index (χ1v) is 8.07. The van der Waals surface area contributed by atoms with E-state index in [4.69, 9.17) is 5.73 Å². The molecule has 3 rings (SSSR count). The van der Waals surface area contributed by atoms with Crippen LogP contribution in [0.2, 0.25) is 0 Å². The molecule has 0 radical (unpaired) electrons. The Morgan fingerprint density at radius 2 is 2.25 bits per heavy atom. The number of piperidine rings is 1. The molecule has 3 nitrogen and oxygen atoms in total. The van der Waals surface area contributed by atoms with Gasteiger partial charge >= 0.3 is 0 Å². The van der Waals surface area contributed by atoms with Crippen LogP contribution in [0.4, 0.5) is 0 Å². The number of likely N-dealkylation sites (tertiary alicyclic amines) is 1. The summed E-state index contributed by atoms with van der Waals surface area (Å²) in [5, 5.41) is 1.16. The summed E-state index contributed by atoms with van der Waals surface area (Å²) in [6, 6.07) is 10.2. The van der Waals surface area contributed by atoms with Gasteiger partial charge < -0.3 is 10.6 Å². The average Bonchev–Trinajstić information content (AvgIpc) is 2.91. The number of fused-ring (bicyclic) bond motifs is 1. The summed E-state index contributed by atoms with van der Waals surface area (Å²) in [7, 11) is 0. The molecule has 2 heterocycles. The van der Waals surface area contributed by atoms with Crippen molar-refractivity contribution in [1.82, 2.24) is 4.90 Å². The fourth-order valence-corrected chi connectivity index (χ4v) is 3.99. The molecule has 0 spiro atoms. The summed E-state index contributed by atoms with van der Waals surface area (Å²) in [5.74, 6) is 0.764. The van der Waals surface area contributed by atoms with Crippen LogP contribution in [0.15, 0.2) is 30.3 Å². The van der Waals surface area contributed by atoms with Gasteiger partial charge in [-0.05, 0) is 49.2 Å². The van der Waals surface area contributed by atoms with Crippen LogP contribution in [0.3, 0.4) is 0 Å². The summed E-state index contributed by atoms with van der Waals surface area (Å²) in [4.78, 5) is 15.5. The van der Waals surface area contributed by atoms with E-state index in [-0.39, 0.29) is 5.91 Å². The molecule has 1 aliphatic rings. The molecule has 4 heteroatoms. The van der Waals surface area contributed by atoms with Crippen LogP contribution in [0.1, 0.15) is 28.9 Å². The highest BCUT2D eigenvalue weighted by Crippen LogP contribution is 2.28. The molecule has 1 atom stereocenters. The second kappa shape index (κ2) is 5.94. The predicted molar refractivity (Wildman–Crippen MR) is 84.1 cm³/mol. The van der Waals surface area contributed by atoms with Crippen LogP contribution in [-0.2, 0) is 0 Å². The molecular weight excluding hydrogens is 268 g/mol. The molecule has 1 aromatic carbocycles. The SMILES string of the molecule is NCCC1CCCN(C(=O)c2cc3ccccc3s2)C1. The zero-order valence-electron chi connectivity index (χ0n) is 11.5. The largest absolute Gasteiger partial charge is 0.338 e. The van der Waals surface area contributed by atoms with E-state index >= 15 is 0 Å².